The molecule has 0 fully saturated rings. The number of quaternary nitrogens is 1. The fraction of sp³-hybridized carbons (Fsp3) is 0.556. The van der Waals surface area contributed by atoms with E-state index in [1.54, 1.807) is 20.8 Å². The van der Waals surface area contributed by atoms with Crippen molar-refractivity contribution in [3.8, 4) is 5.75 Å². The lowest BCUT2D eigenvalue weighted by molar-refractivity contribution is -0.991. The summed E-state index contributed by atoms with van der Waals surface area (Å²) in [5, 5.41) is 19.5. The first-order chi connectivity index (χ1) is 13.5. The molecule has 0 aliphatic heterocycles. The molecule has 0 heterocycles. The van der Waals surface area contributed by atoms with E-state index in [0.717, 1.165) is 0 Å². The van der Waals surface area contributed by atoms with Crippen molar-refractivity contribution in [2.75, 3.05) is 33.0 Å². The number of primary amides is 1. The Morgan fingerprint density at radius 2 is 1.72 bits per heavy atom. The van der Waals surface area contributed by atoms with Crippen LogP contribution in [-0.2, 0) is 19.0 Å². The third-order valence-electron chi connectivity index (χ3n) is 3.28. The second-order valence-electron chi connectivity index (χ2n) is 6.91. The monoisotopic (exact) mass is 478 g/mol. The van der Waals surface area contributed by atoms with Gasteiger partial charge in [-0.25, -0.2) is 5.21 Å². The lowest BCUT2D eigenvalue weighted by atomic mass is 10.2. The second-order valence-corrected chi connectivity index (χ2v) is 7.76. The van der Waals surface area contributed by atoms with Crippen molar-refractivity contribution >= 4 is 33.5 Å². The van der Waals surface area contributed by atoms with Crippen LogP contribution in [0.5, 0.6) is 5.75 Å². The number of nitrogens with one attached hydrogen (secondary N) is 1. The summed E-state index contributed by atoms with van der Waals surface area (Å²) in [5.41, 5.74) is 4.72. The third-order valence-corrected chi connectivity index (χ3v) is 3.91. The fourth-order valence-corrected chi connectivity index (χ4v) is 2.74. The first-order valence-electron chi connectivity index (χ1n) is 8.88. The highest BCUT2D eigenvalue weighted by Crippen LogP contribution is 2.31. The van der Waals surface area contributed by atoms with Crippen LogP contribution in [-0.4, -0.2) is 55.7 Å². The Hall–Kier alpha value is -1.76. The quantitative estimate of drug-likeness (QED) is 0.230. The summed E-state index contributed by atoms with van der Waals surface area (Å²) in [4.78, 5) is 22.8. The number of carbonyl (C=O) groups excluding carboxylic acids is 2. The summed E-state index contributed by atoms with van der Waals surface area (Å²) in [7, 11) is 0. The van der Waals surface area contributed by atoms with Crippen molar-refractivity contribution in [1.82, 2.24) is 0 Å². The molecular weight excluding hydrogens is 452 g/mol. The lowest BCUT2D eigenvalue weighted by Gasteiger charge is -2.19. The number of esters is 1. The van der Waals surface area contributed by atoms with Crippen LogP contribution in [0.1, 0.15) is 37.6 Å². The highest BCUT2D eigenvalue weighted by molar-refractivity contribution is 9.10. The highest BCUT2D eigenvalue weighted by Gasteiger charge is 2.19. The number of halogens is 1. The molecule has 0 saturated carbocycles. The summed E-state index contributed by atoms with van der Waals surface area (Å²) in [6.45, 7) is 6.41. The number of benzene rings is 1. The van der Waals surface area contributed by atoms with Crippen molar-refractivity contribution in [1.29, 1.82) is 0 Å². The summed E-state index contributed by atoms with van der Waals surface area (Å²) in [5.74, 6) is -1.02. The SMILES string of the molecule is CC(C)(C)OC(=O)CCOCCOCCOc1cc(C(N)=O)cc(Br)c1[NH+]([O-])O. The summed E-state index contributed by atoms with van der Waals surface area (Å²) in [6, 6.07) is 2.60. The maximum atomic E-state index is 11.5. The van der Waals surface area contributed by atoms with E-state index in [2.05, 4.69) is 15.9 Å². The van der Waals surface area contributed by atoms with Gasteiger partial charge in [-0.05, 0) is 48.8 Å². The molecule has 29 heavy (non-hydrogen) atoms. The van der Waals surface area contributed by atoms with Crippen LogP contribution in [0.3, 0.4) is 0 Å². The van der Waals surface area contributed by atoms with E-state index in [-0.39, 0.29) is 66.9 Å². The molecule has 0 aliphatic carbocycles. The van der Waals surface area contributed by atoms with Gasteiger partial charge in [0.25, 0.3) is 0 Å². The number of hydrogen-bond donors (Lipinski definition) is 3. The smallest absolute Gasteiger partial charge is 0.308 e. The van der Waals surface area contributed by atoms with Crippen LogP contribution in [0.15, 0.2) is 16.6 Å². The van der Waals surface area contributed by atoms with Gasteiger partial charge in [0.1, 0.15) is 12.2 Å². The lowest BCUT2D eigenvalue weighted by Crippen LogP contribution is -2.99. The minimum absolute atomic E-state index is 0.0119. The summed E-state index contributed by atoms with van der Waals surface area (Å²) >= 11 is 3.10. The van der Waals surface area contributed by atoms with Crippen molar-refractivity contribution in [3.63, 3.8) is 0 Å². The van der Waals surface area contributed by atoms with E-state index in [1.165, 1.54) is 12.1 Å². The van der Waals surface area contributed by atoms with Gasteiger partial charge in [0.15, 0.2) is 5.75 Å². The largest absolute Gasteiger partial charge is 0.595 e. The highest BCUT2D eigenvalue weighted by atomic mass is 79.9. The van der Waals surface area contributed by atoms with E-state index in [1.807, 2.05) is 0 Å². The number of rotatable bonds is 12. The van der Waals surface area contributed by atoms with Gasteiger partial charge in [0, 0.05) is 5.56 Å². The van der Waals surface area contributed by atoms with Gasteiger partial charge in [-0.1, -0.05) is 0 Å². The van der Waals surface area contributed by atoms with Crippen molar-refractivity contribution in [2.45, 2.75) is 32.8 Å². The molecule has 1 rings (SSSR count). The Balaban J connectivity index is 2.30. The van der Waals surface area contributed by atoms with Gasteiger partial charge >= 0.3 is 5.97 Å². The minimum Gasteiger partial charge on any atom is -0.595 e. The van der Waals surface area contributed by atoms with Crippen LogP contribution in [0.25, 0.3) is 0 Å². The normalized spacial score (nSPS) is 12.5. The van der Waals surface area contributed by atoms with Gasteiger partial charge < -0.3 is 29.9 Å². The Morgan fingerprint density at radius 1 is 1.14 bits per heavy atom. The number of nitrogens with two attached hydrogens (primary N) is 1. The zero-order valence-electron chi connectivity index (χ0n) is 16.7. The molecule has 0 radical (unpaired) electrons. The maximum absolute atomic E-state index is 11.5. The fourth-order valence-electron chi connectivity index (χ4n) is 2.13. The Bertz CT molecular complexity index is 691. The predicted molar refractivity (Wildman–Crippen MR) is 106 cm³/mol. The average Bonchev–Trinajstić information content (AvgIpc) is 2.57. The first kappa shape index (κ1) is 25.3. The number of amides is 1. The Labute approximate surface area is 177 Å². The molecule has 164 valence electrons. The van der Waals surface area contributed by atoms with Gasteiger partial charge in [-0.15, -0.1) is 0 Å². The molecule has 0 aromatic heterocycles. The molecule has 10 nitrogen and oxygen atoms in total. The standard InChI is InChI=1S/C18H27BrN2O8/c1-18(2,3)29-15(22)4-5-26-6-7-27-8-9-28-14-11-12(17(20)23)10-13(19)16(14)21(24)25/h10-11,21,24H,4-9H2,1-3H3,(H2,20,23). The van der Waals surface area contributed by atoms with E-state index >= 15 is 0 Å². The Morgan fingerprint density at radius 3 is 2.28 bits per heavy atom. The zero-order chi connectivity index (χ0) is 22.0. The average molecular weight is 479 g/mol. The first-order valence-corrected chi connectivity index (χ1v) is 9.67. The third kappa shape index (κ3) is 10.0. The van der Waals surface area contributed by atoms with Crippen LogP contribution in [0, 0.1) is 5.21 Å². The minimum atomic E-state index is -1.21. The predicted octanol–water partition coefficient (Wildman–Crippen LogP) is 1.10. The summed E-state index contributed by atoms with van der Waals surface area (Å²) in [6.07, 6.45) is 0.156. The molecule has 1 aromatic carbocycles. The van der Waals surface area contributed by atoms with E-state index in [0.29, 0.717) is 0 Å². The van der Waals surface area contributed by atoms with E-state index in [9.17, 15) is 20.0 Å². The number of carbonyl (C=O) groups is 2. The number of hydrogen-bond acceptors (Lipinski definition) is 8. The molecule has 0 bridgehead atoms. The van der Waals surface area contributed by atoms with Gasteiger partial charge in [0.05, 0.1) is 37.3 Å². The second kappa shape index (κ2) is 12.1. The molecule has 0 aliphatic rings. The van der Waals surface area contributed by atoms with Crippen molar-refractivity contribution < 1.29 is 39.0 Å². The van der Waals surface area contributed by atoms with Gasteiger partial charge in [0.2, 0.25) is 11.6 Å². The van der Waals surface area contributed by atoms with Gasteiger partial charge in [-0.2, -0.15) is 5.23 Å². The summed E-state index contributed by atoms with van der Waals surface area (Å²) < 4.78 is 21.4. The molecule has 11 heteroatoms. The molecule has 1 aromatic rings. The van der Waals surface area contributed by atoms with E-state index in [4.69, 9.17) is 24.7 Å². The van der Waals surface area contributed by atoms with Crippen LogP contribution in [0.4, 0.5) is 5.69 Å². The molecular formula is C18H27BrN2O8. The van der Waals surface area contributed by atoms with Crippen molar-refractivity contribution in [3.05, 3.63) is 27.4 Å². The number of ether oxygens (including phenoxy) is 4. The maximum Gasteiger partial charge on any atom is 0.308 e. The molecule has 4 N–H and O–H groups in total. The van der Waals surface area contributed by atoms with E-state index < -0.39 is 16.7 Å². The van der Waals surface area contributed by atoms with Crippen LogP contribution >= 0.6 is 15.9 Å². The molecule has 1 atom stereocenters. The van der Waals surface area contributed by atoms with Crippen LogP contribution in [0.2, 0.25) is 0 Å². The topological polar surface area (TPSA) is 145 Å². The Kier molecular flexibility index (Phi) is 10.5. The van der Waals surface area contributed by atoms with Crippen molar-refractivity contribution in [2.24, 2.45) is 5.73 Å². The molecule has 0 spiro atoms. The van der Waals surface area contributed by atoms with Crippen LogP contribution < -0.4 is 15.7 Å². The molecule has 1 amide bonds. The zero-order valence-corrected chi connectivity index (χ0v) is 18.2. The molecule has 0 saturated heterocycles. The van der Waals surface area contributed by atoms with Gasteiger partial charge in [-0.3, -0.25) is 9.59 Å². The molecule has 1 unspecified atom stereocenters.